The highest BCUT2D eigenvalue weighted by Crippen LogP contribution is 2.24. The minimum Gasteiger partial charge on any atom is -0.382 e. The third kappa shape index (κ3) is 11.3. The lowest BCUT2D eigenvalue weighted by Gasteiger charge is -2.28. The van der Waals surface area contributed by atoms with Crippen LogP contribution in [0.15, 0.2) is 60.7 Å². The Balaban J connectivity index is 2.20. The maximum atomic E-state index is 13.4. The molecule has 5 amide bonds. The predicted octanol–water partition coefficient (Wildman–Crippen LogP) is 1.35. The van der Waals surface area contributed by atoms with Crippen LogP contribution in [0, 0.1) is 5.92 Å². The predicted molar refractivity (Wildman–Crippen MR) is 155 cm³/mol. The van der Waals surface area contributed by atoms with Gasteiger partial charge in [0.2, 0.25) is 23.6 Å². The lowest BCUT2D eigenvalue weighted by molar-refractivity contribution is -0.212. The smallest absolute Gasteiger partial charge is 0.382 e. The van der Waals surface area contributed by atoms with E-state index in [9.17, 15) is 42.3 Å². The first-order valence-corrected chi connectivity index (χ1v) is 13.9. The molecule has 0 aliphatic heterocycles. The van der Waals surface area contributed by atoms with Gasteiger partial charge < -0.3 is 32.1 Å². The van der Waals surface area contributed by atoms with Crippen LogP contribution in [0.5, 0.6) is 0 Å². The fourth-order valence-corrected chi connectivity index (χ4v) is 4.19. The van der Waals surface area contributed by atoms with Gasteiger partial charge >= 0.3 is 6.18 Å². The quantitative estimate of drug-likeness (QED) is 0.175. The Hall–Kier alpha value is -4.46. The Morgan fingerprint density at radius 2 is 1.36 bits per heavy atom. The Bertz CT molecular complexity index is 1280. The minimum atomic E-state index is -5.10. The molecule has 2 aromatic carbocycles. The number of halogens is 3. The Labute approximate surface area is 253 Å². The second-order valence-electron chi connectivity index (χ2n) is 10.6. The number of aliphatic hydroxyl groups is 1. The highest BCUT2D eigenvalue weighted by atomic mass is 19.4. The average molecular weight is 622 g/mol. The van der Waals surface area contributed by atoms with Crippen molar-refractivity contribution < 1.29 is 42.3 Å². The molecule has 0 bridgehead atoms. The molecular formula is C30H38F3N5O6. The van der Waals surface area contributed by atoms with Crippen LogP contribution in [0.4, 0.5) is 13.2 Å². The molecular weight excluding hydrogens is 583 g/mol. The number of nitrogens with two attached hydrogens (primary N) is 1. The van der Waals surface area contributed by atoms with Gasteiger partial charge in [0.1, 0.15) is 18.1 Å². The number of amides is 5. The molecule has 2 rings (SSSR count). The van der Waals surface area contributed by atoms with Crippen LogP contribution in [-0.2, 0) is 25.6 Å². The van der Waals surface area contributed by atoms with Crippen molar-refractivity contribution in [3.63, 3.8) is 0 Å². The summed E-state index contributed by atoms with van der Waals surface area (Å²) in [5, 5.41) is 19.4. The van der Waals surface area contributed by atoms with Crippen LogP contribution in [-0.4, -0.2) is 71.1 Å². The number of hydrogen-bond donors (Lipinski definition) is 6. The zero-order valence-electron chi connectivity index (χ0n) is 24.6. The Kier molecular flexibility index (Phi) is 13.3. The summed E-state index contributed by atoms with van der Waals surface area (Å²) in [6, 6.07) is 11.2. The molecule has 0 aliphatic rings. The number of hydrogen-bond acceptors (Lipinski definition) is 6. The van der Waals surface area contributed by atoms with Crippen molar-refractivity contribution in [1.82, 2.24) is 21.3 Å². The normalized spacial score (nSPS) is 14.8. The lowest BCUT2D eigenvalue weighted by atomic mass is 10.00. The number of aliphatic hydroxyl groups excluding tert-OH is 1. The van der Waals surface area contributed by atoms with E-state index >= 15 is 0 Å². The van der Waals surface area contributed by atoms with E-state index in [1.54, 1.807) is 74.5 Å². The molecule has 5 atom stereocenters. The van der Waals surface area contributed by atoms with Gasteiger partial charge in [-0.1, -0.05) is 62.4 Å². The van der Waals surface area contributed by atoms with Crippen molar-refractivity contribution in [1.29, 1.82) is 0 Å². The number of carbonyl (C=O) groups excluding carboxylic acids is 5. The molecule has 5 unspecified atom stereocenters. The first-order chi connectivity index (χ1) is 20.6. The first kappa shape index (κ1) is 35.7. The fraction of sp³-hybridized carbons (Fsp3) is 0.433. The van der Waals surface area contributed by atoms with Crippen molar-refractivity contribution in [3.05, 3.63) is 71.8 Å². The van der Waals surface area contributed by atoms with Crippen molar-refractivity contribution in [2.75, 3.05) is 0 Å². The molecule has 0 aliphatic carbocycles. The van der Waals surface area contributed by atoms with E-state index in [1.165, 1.54) is 6.92 Å². The van der Waals surface area contributed by atoms with Gasteiger partial charge in [0, 0.05) is 18.4 Å². The molecule has 14 heteroatoms. The van der Waals surface area contributed by atoms with Gasteiger partial charge in [-0.3, -0.25) is 24.0 Å². The van der Waals surface area contributed by atoms with Crippen LogP contribution in [0.2, 0.25) is 0 Å². The molecule has 0 saturated heterocycles. The number of carbonyl (C=O) groups is 5. The molecule has 0 fully saturated rings. The van der Waals surface area contributed by atoms with E-state index in [1.807, 2.05) is 5.32 Å². The molecule has 11 nitrogen and oxygen atoms in total. The van der Waals surface area contributed by atoms with E-state index in [2.05, 4.69) is 16.0 Å². The number of benzene rings is 2. The van der Waals surface area contributed by atoms with Crippen LogP contribution >= 0.6 is 0 Å². The molecule has 2 aromatic rings. The van der Waals surface area contributed by atoms with Crippen molar-refractivity contribution in [2.24, 2.45) is 11.7 Å². The summed E-state index contributed by atoms with van der Waals surface area (Å²) >= 11 is 0. The van der Waals surface area contributed by atoms with E-state index in [0.717, 1.165) is 0 Å². The summed E-state index contributed by atoms with van der Waals surface area (Å²) in [6.07, 6.45) is -9.24. The van der Waals surface area contributed by atoms with Gasteiger partial charge in [0.25, 0.3) is 5.91 Å². The minimum absolute atomic E-state index is 0.0157. The van der Waals surface area contributed by atoms with Crippen LogP contribution < -0.4 is 27.0 Å². The van der Waals surface area contributed by atoms with Gasteiger partial charge in [-0.2, -0.15) is 13.2 Å². The number of alkyl halides is 3. The topological polar surface area (TPSA) is 180 Å². The van der Waals surface area contributed by atoms with Gasteiger partial charge in [-0.05, 0) is 37.0 Å². The highest BCUT2D eigenvalue weighted by Gasteiger charge is 2.44. The van der Waals surface area contributed by atoms with E-state index < -0.39 is 78.8 Å². The monoisotopic (exact) mass is 621 g/mol. The maximum absolute atomic E-state index is 13.4. The maximum Gasteiger partial charge on any atom is 0.416 e. The number of rotatable bonds is 15. The SMILES string of the molecule is CC(NC(=O)C(Cc1ccccc1)NC(=O)C(NC(=O)c1ccccc1)C(C)C)C(=O)NC(CCC(N)=O)C(O)C(F)(F)F. The number of nitrogens with one attached hydrogen (secondary N) is 4. The molecule has 0 heterocycles. The largest absolute Gasteiger partial charge is 0.416 e. The third-order valence-corrected chi connectivity index (χ3v) is 6.69. The van der Waals surface area contributed by atoms with Gasteiger partial charge in [0.15, 0.2) is 6.10 Å². The van der Waals surface area contributed by atoms with Crippen molar-refractivity contribution in [3.8, 4) is 0 Å². The van der Waals surface area contributed by atoms with E-state index in [4.69, 9.17) is 5.73 Å². The summed E-state index contributed by atoms with van der Waals surface area (Å²) < 4.78 is 39.5. The Morgan fingerprint density at radius 1 is 0.795 bits per heavy atom. The summed E-state index contributed by atoms with van der Waals surface area (Å²) in [6.45, 7) is 4.62. The summed E-state index contributed by atoms with van der Waals surface area (Å²) in [5.41, 5.74) is 5.99. The van der Waals surface area contributed by atoms with Gasteiger partial charge in [0.05, 0.1) is 6.04 Å². The molecule has 0 radical (unpaired) electrons. The zero-order chi connectivity index (χ0) is 33.0. The van der Waals surface area contributed by atoms with Crippen molar-refractivity contribution >= 4 is 29.5 Å². The third-order valence-electron chi connectivity index (χ3n) is 6.69. The summed E-state index contributed by atoms with van der Waals surface area (Å²) in [4.78, 5) is 63.3. The van der Waals surface area contributed by atoms with Crippen LogP contribution in [0.1, 0.15) is 49.5 Å². The fourth-order valence-electron chi connectivity index (χ4n) is 4.19. The van der Waals surface area contributed by atoms with Crippen molar-refractivity contribution in [2.45, 2.75) is 76.5 Å². The van der Waals surface area contributed by atoms with Gasteiger partial charge in [-0.25, -0.2) is 0 Å². The van der Waals surface area contributed by atoms with E-state index in [-0.39, 0.29) is 12.3 Å². The molecule has 0 aromatic heterocycles. The highest BCUT2D eigenvalue weighted by molar-refractivity contribution is 5.98. The second-order valence-corrected chi connectivity index (χ2v) is 10.6. The Morgan fingerprint density at radius 3 is 1.89 bits per heavy atom. The van der Waals surface area contributed by atoms with Gasteiger partial charge in [-0.15, -0.1) is 0 Å². The molecule has 44 heavy (non-hydrogen) atoms. The standard InChI is InChI=1S/C30H38F3N5O6/c1-17(2)24(38-27(42)20-12-8-5-9-13-20)29(44)37-22(16-19-10-6-4-7-11-19)28(43)35-18(3)26(41)36-21(14-15-23(34)39)25(40)30(31,32)33/h4-13,17-18,21-22,24-25,40H,14-16H2,1-3H3,(H2,34,39)(H,35,43)(H,36,41)(H,37,44)(H,38,42). The first-order valence-electron chi connectivity index (χ1n) is 13.9. The van der Waals surface area contributed by atoms with E-state index in [0.29, 0.717) is 11.1 Å². The van der Waals surface area contributed by atoms with Crippen LogP contribution in [0.3, 0.4) is 0 Å². The molecule has 0 spiro atoms. The second kappa shape index (κ2) is 16.4. The number of primary amides is 1. The summed E-state index contributed by atoms with van der Waals surface area (Å²) in [7, 11) is 0. The molecule has 240 valence electrons. The molecule has 7 N–H and O–H groups in total. The average Bonchev–Trinajstić information content (AvgIpc) is 2.97. The zero-order valence-corrected chi connectivity index (χ0v) is 24.6. The van der Waals surface area contributed by atoms with Crippen LogP contribution in [0.25, 0.3) is 0 Å². The molecule has 0 saturated carbocycles. The lowest BCUT2D eigenvalue weighted by Crippen LogP contribution is -2.59. The summed E-state index contributed by atoms with van der Waals surface area (Å²) in [5.74, 6) is -4.38.